The monoisotopic (exact) mass is 481 g/mol. The number of ether oxygens (including phenoxy) is 3. The van der Waals surface area contributed by atoms with Crippen molar-refractivity contribution < 1.29 is 33.7 Å². The summed E-state index contributed by atoms with van der Waals surface area (Å²) in [5.41, 5.74) is 0.708. The summed E-state index contributed by atoms with van der Waals surface area (Å²) in [5, 5.41) is 12.8. The van der Waals surface area contributed by atoms with E-state index in [4.69, 9.17) is 14.2 Å². The SMILES string of the molecule is CCC(CC)C(Oc1c(C(=O)c2cccc3c2CNC3=O)ccc(OC)c1OC)C1(C(=O)O)CC1. The fourth-order valence-corrected chi connectivity index (χ4v) is 5.06. The van der Waals surface area contributed by atoms with E-state index in [1.54, 1.807) is 30.3 Å². The zero-order valence-corrected chi connectivity index (χ0v) is 20.5. The van der Waals surface area contributed by atoms with E-state index in [1.807, 2.05) is 13.8 Å². The molecule has 0 radical (unpaired) electrons. The Labute approximate surface area is 204 Å². The summed E-state index contributed by atoms with van der Waals surface area (Å²) >= 11 is 0. The number of nitrogens with one attached hydrogen (secondary N) is 1. The average molecular weight is 482 g/mol. The van der Waals surface area contributed by atoms with Crippen molar-refractivity contribution in [3.05, 3.63) is 52.6 Å². The van der Waals surface area contributed by atoms with Crippen molar-refractivity contribution in [3.8, 4) is 17.2 Å². The van der Waals surface area contributed by atoms with Crippen LogP contribution in [0, 0.1) is 11.3 Å². The molecular weight excluding hydrogens is 450 g/mol. The van der Waals surface area contributed by atoms with Crippen LogP contribution in [0.2, 0.25) is 0 Å². The molecular formula is C27H31NO7. The second kappa shape index (κ2) is 9.60. The van der Waals surface area contributed by atoms with Gasteiger partial charge in [-0.1, -0.05) is 26.0 Å². The molecule has 1 aliphatic heterocycles. The molecule has 2 aromatic carbocycles. The smallest absolute Gasteiger partial charge is 0.313 e. The quantitative estimate of drug-likeness (QED) is 0.462. The Morgan fingerprint density at radius 3 is 2.31 bits per heavy atom. The molecule has 8 heteroatoms. The van der Waals surface area contributed by atoms with Crippen molar-refractivity contribution >= 4 is 17.7 Å². The Morgan fingerprint density at radius 2 is 1.74 bits per heavy atom. The van der Waals surface area contributed by atoms with E-state index in [2.05, 4.69) is 5.32 Å². The normalized spacial score (nSPS) is 16.3. The lowest BCUT2D eigenvalue weighted by Gasteiger charge is -2.32. The molecule has 1 amide bonds. The van der Waals surface area contributed by atoms with Gasteiger partial charge in [-0.2, -0.15) is 0 Å². The number of methoxy groups -OCH3 is 2. The minimum Gasteiger partial charge on any atom is -0.493 e. The Morgan fingerprint density at radius 1 is 1.03 bits per heavy atom. The van der Waals surface area contributed by atoms with Gasteiger partial charge in [0.15, 0.2) is 17.3 Å². The molecule has 0 saturated heterocycles. The third-order valence-electron chi connectivity index (χ3n) is 7.32. The van der Waals surface area contributed by atoms with Crippen LogP contribution in [0.3, 0.4) is 0 Å². The maximum absolute atomic E-state index is 13.9. The molecule has 2 aliphatic rings. The molecule has 1 aliphatic carbocycles. The highest BCUT2D eigenvalue weighted by Gasteiger charge is 2.59. The van der Waals surface area contributed by atoms with Crippen molar-refractivity contribution in [2.24, 2.45) is 11.3 Å². The van der Waals surface area contributed by atoms with E-state index < -0.39 is 17.5 Å². The zero-order chi connectivity index (χ0) is 25.3. The lowest BCUT2D eigenvalue weighted by atomic mass is 9.84. The molecule has 0 spiro atoms. The van der Waals surface area contributed by atoms with Crippen LogP contribution in [0.25, 0.3) is 0 Å². The lowest BCUT2D eigenvalue weighted by molar-refractivity contribution is -0.149. The van der Waals surface area contributed by atoms with E-state index >= 15 is 0 Å². The predicted octanol–water partition coefficient (Wildman–Crippen LogP) is 4.23. The summed E-state index contributed by atoms with van der Waals surface area (Å²) in [6, 6.07) is 8.27. The number of carbonyl (C=O) groups is 3. The van der Waals surface area contributed by atoms with Gasteiger partial charge in [0.05, 0.1) is 19.8 Å². The number of benzene rings is 2. The lowest BCUT2D eigenvalue weighted by Crippen LogP contribution is -2.41. The molecule has 35 heavy (non-hydrogen) atoms. The Kier molecular flexibility index (Phi) is 6.74. The molecule has 1 saturated carbocycles. The number of rotatable bonds is 11. The minimum absolute atomic E-state index is 0.0322. The van der Waals surface area contributed by atoms with Gasteiger partial charge < -0.3 is 24.6 Å². The number of carbonyl (C=O) groups excluding carboxylic acids is 2. The predicted molar refractivity (Wildman–Crippen MR) is 128 cm³/mol. The number of fused-ring (bicyclic) bond motifs is 1. The van der Waals surface area contributed by atoms with E-state index in [9.17, 15) is 19.5 Å². The highest BCUT2D eigenvalue weighted by Crippen LogP contribution is 2.55. The fraction of sp³-hybridized carbons (Fsp3) is 0.444. The standard InChI is InChI=1S/C27H31NO7/c1-5-15(6-2)24(27(12-13-27)26(31)32)35-22-18(10-11-20(33-3)23(22)34-4)21(29)16-8-7-9-17-19(16)14-28-25(17)30/h7-11,15,24H,5-6,12-14H2,1-4H3,(H,28,30)(H,31,32). The van der Waals surface area contributed by atoms with Crippen molar-refractivity contribution in [2.75, 3.05) is 14.2 Å². The molecule has 186 valence electrons. The first-order chi connectivity index (χ1) is 16.8. The molecule has 2 N–H and O–H groups in total. The molecule has 1 unspecified atom stereocenters. The molecule has 4 rings (SSSR count). The van der Waals surface area contributed by atoms with Crippen LogP contribution in [-0.2, 0) is 11.3 Å². The van der Waals surface area contributed by atoms with E-state index in [0.29, 0.717) is 35.3 Å². The van der Waals surface area contributed by atoms with Crippen LogP contribution in [0.5, 0.6) is 17.2 Å². The van der Waals surface area contributed by atoms with Crippen LogP contribution >= 0.6 is 0 Å². The molecule has 0 bridgehead atoms. The van der Waals surface area contributed by atoms with Crippen LogP contribution in [0.1, 0.15) is 71.4 Å². The first kappa shape index (κ1) is 24.6. The van der Waals surface area contributed by atoms with Gasteiger partial charge in [0.2, 0.25) is 5.75 Å². The summed E-state index contributed by atoms with van der Waals surface area (Å²) in [4.78, 5) is 38.3. The van der Waals surface area contributed by atoms with Crippen molar-refractivity contribution in [3.63, 3.8) is 0 Å². The second-order valence-electron chi connectivity index (χ2n) is 9.10. The third kappa shape index (κ3) is 4.11. The minimum atomic E-state index is -1.00. The van der Waals surface area contributed by atoms with Crippen LogP contribution < -0.4 is 19.5 Å². The van der Waals surface area contributed by atoms with Gasteiger partial charge in [-0.05, 0) is 55.4 Å². The van der Waals surface area contributed by atoms with Gasteiger partial charge in [-0.3, -0.25) is 14.4 Å². The Balaban J connectivity index is 1.86. The molecule has 2 aromatic rings. The number of carboxylic acid groups (broad SMARTS) is 1. The number of ketones is 1. The second-order valence-corrected chi connectivity index (χ2v) is 9.10. The number of hydrogen-bond acceptors (Lipinski definition) is 6. The van der Waals surface area contributed by atoms with Gasteiger partial charge in [-0.15, -0.1) is 0 Å². The molecule has 1 fully saturated rings. The fourth-order valence-electron chi connectivity index (χ4n) is 5.06. The van der Waals surface area contributed by atoms with Gasteiger partial charge in [0, 0.05) is 17.7 Å². The van der Waals surface area contributed by atoms with Gasteiger partial charge in [0.25, 0.3) is 5.91 Å². The number of carboxylic acids is 1. The van der Waals surface area contributed by atoms with Crippen LogP contribution in [0.15, 0.2) is 30.3 Å². The van der Waals surface area contributed by atoms with Crippen LogP contribution in [0.4, 0.5) is 0 Å². The number of amides is 1. The topological polar surface area (TPSA) is 111 Å². The number of hydrogen-bond donors (Lipinski definition) is 2. The third-order valence-corrected chi connectivity index (χ3v) is 7.32. The van der Waals surface area contributed by atoms with Crippen LogP contribution in [-0.4, -0.2) is 43.1 Å². The van der Waals surface area contributed by atoms with Crippen molar-refractivity contribution in [1.82, 2.24) is 5.32 Å². The highest BCUT2D eigenvalue weighted by molar-refractivity contribution is 6.14. The first-order valence-electron chi connectivity index (χ1n) is 11.9. The molecule has 1 heterocycles. The van der Waals surface area contributed by atoms with E-state index in [-0.39, 0.29) is 41.2 Å². The Hall–Kier alpha value is -3.55. The molecule has 1 atom stereocenters. The van der Waals surface area contributed by atoms with Crippen molar-refractivity contribution in [1.29, 1.82) is 0 Å². The highest BCUT2D eigenvalue weighted by atomic mass is 16.5. The zero-order valence-electron chi connectivity index (χ0n) is 20.5. The molecule has 8 nitrogen and oxygen atoms in total. The summed E-state index contributed by atoms with van der Waals surface area (Å²) < 4.78 is 17.6. The largest absolute Gasteiger partial charge is 0.493 e. The summed E-state index contributed by atoms with van der Waals surface area (Å²) in [6.45, 7) is 4.28. The summed E-state index contributed by atoms with van der Waals surface area (Å²) in [6.07, 6.45) is 1.84. The maximum Gasteiger partial charge on any atom is 0.313 e. The van der Waals surface area contributed by atoms with E-state index in [1.165, 1.54) is 14.2 Å². The van der Waals surface area contributed by atoms with E-state index in [0.717, 1.165) is 12.8 Å². The Bertz CT molecular complexity index is 1160. The van der Waals surface area contributed by atoms with Gasteiger partial charge in [0.1, 0.15) is 11.5 Å². The summed E-state index contributed by atoms with van der Waals surface area (Å²) in [7, 11) is 2.94. The first-order valence-corrected chi connectivity index (χ1v) is 11.9. The van der Waals surface area contributed by atoms with Crippen molar-refractivity contribution in [2.45, 2.75) is 52.2 Å². The van der Waals surface area contributed by atoms with Gasteiger partial charge >= 0.3 is 5.97 Å². The maximum atomic E-state index is 13.9. The average Bonchev–Trinajstić information content (AvgIpc) is 3.60. The summed E-state index contributed by atoms with van der Waals surface area (Å²) in [5.74, 6) is -0.710. The van der Waals surface area contributed by atoms with Gasteiger partial charge in [-0.25, -0.2) is 0 Å². The number of aliphatic carboxylic acids is 1. The molecule has 0 aromatic heterocycles.